The lowest BCUT2D eigenvalue weighted by Crippen LogP contribution is -2.13. The molecule has 0 saturated heterocycles. The summed E-state index contributed by atoms with van der Waals surface area (Å²) in [6.45, 7) is 4.45. The summed E-state index contributed by atoms with van der Waals surface area (Å²) in [6.07, 6.45) is 0. The van der Waals surface area contributed by atoms with Crippen molar-refractivity contribution in [3.05, 3.63) is 40.9 Å². The van der Waals surface area contributed by atoms with Gasteiger partial charge in [0.1, 0.15) is 5.75 Å². The van der Waals surface area contributed by atoms with E-state index in [9.17, 15) is 4.79 Å². The van der Waals surface area contributed by atoms with Crippen molar-refractivity contribution < 1.29 is 9.53 Å². The Kier molecular flexibility index (Phi) is 3.57. The summed E-state index contributed by atoms with van der Waals surface area (Å²) in [5, 5.41) is 8.91. The summed E-state index contributed by atoms with van der Waals surface area (Å²) in [5.41, 5.74) is 1.53. The molecule has 0 aliphatic carbocycles. The molecule has 0 saturated carbocycles. The van der Waals surface area contributed by atoms with Crippen molar-refractivity contribution in [1.29, 1.82) is 0 Å². The fraction of sp³-hybridized carbons (Fsp3) is 0.214. The van der Waals surface area contributed by atoms with E-state index in [1.54, 1.807) is 28.8 Å². The van der Waals surface area contributed by atoms with Gasteiger partial charge in [0, 0.05) is 10.9 Å². The Bertz CT molecular complexity index is 776. The first-order valence-corrected chi connectivity index (χ1v) is 7.40. The molecule has 7 heteroatoms. The summed E-state index contributed by atoms with van der Waals surface area (Å²) in [5.74, 6) is 0.808. The Balaban J connectivity index is 1.75. The van der Waals surface area contributed by atoms with Crippen molar-refractivity contribution in [1.82, 2.24) is 14.6 Å². The van der Waals surface area contributed by atoms with Gasteiger partial charge in [0.2, 0.25) is 4.96 Å². The molecule has 21 heavy (non-hydrogen) atoms. The number of benzene rings is 1. The fourth-order valence-corrected chi connectivity index (χ4v) is 2.69. The van der Waals surface area contributed by atoms with Gasteiger partial charge >= 0.3 is 0 Å². The van der Waals surface area contributed by atoms with E-state index in [4.69, 9.17) is 4.74 Å². The normalized spacial score (nSPS) is 10.8. The Morgan fingerprint density at radius 3 is 2.81 bits per heavy atom. The van der Waals surface area contributed by atoms with Crippen molar-refractivity contribution in [3.8, 4) is 5.75 Å². The number of carbonyl (C=O) groups is 1. The molecule has 0 bridgehead atoms. The third-order valence-corrected chi connectivity index (χ3v) is 3.83. The quantitative estimate of drug-likeness (QED) is 0.804. The Morgan fingerprint density at radius 1 is 1.38 bits per heavy atom. The second-order valence-corrected chi connectivity index (χ2v) is 5.25. The van der Waals surface area contributed by atoms with Crippen molar-refractivity contribution in [3.63, 3.8) is 0 Å². The molecule has 0 fully saturated rings. The highest BCUT2D eigenvalue weighted by molar-refractivity contribution is 7.15. The molecule has 2 heterocycles. The molecular weight excluding hydrogens is 288 g/mol. The van der Waals surface area contributed by atoms with Gasteiger partial charge in [-0.3, -0.25) is 10.1 Å². The van der Waals surface area contributed by atoms with Crippen LogP contribution in [-0.4, -0.2) is 27.1 Å². The third kappa shape index (κ3) is 2.73. The molecule has 6 nitrogen and oxygen atoms in total. The number of nitrogens with one attached hydrogen (secondary N) is 1. The van der Waals surface area contributed by atoms with Gasteiger partial charge in [-0.15, -0.1) is 16.4 Å². The minimum atomic E-state index is -0.242. The van der Waals surface area contributed by atoms with E-state index in [0.717, 1.165) is 16.4 Å². The topological polar surface area (TPSA) is 68.5 Å². The molecule has 0 aliphatic heterocycles. The van der Waals surface area contributed by atoms with Gasteiger partial charge in [0.05, 0.1) is 12.3 Å². The van der Waals surface area contributed by atoms with Crippen LogP contribution in [0.1, 0.15) is 23.0 Å². The highest BCUT2D eigenvalue weighted by atomic mass is 32.1. The molecule has 0 aliphatic rings. The molecular formula is C14H14N4O2S. The summed E-state index contributed by atoms with van der Waals surface area (Å²) in [4.78, 5) is 17.1. The van der Waals surface area contributed by atoms with E-state index < -0.39 is 0 Å². The number of aromatic nitrogens is 3. The number of fused-ring (bicyclic) bond motifs is 1. The van der Waals surface area contributed by atoms with Crippen molar-refractivity contribution in [2.45, 2.75) is 13.8 Å². The first-order valence-electron chi connectivity index (χ1n) is 6.52. The maximum Gasteiger partial charge on any atom is 0.258 e. The largest absolute Gasteiger partial charge is 0.494 e. The molecule has 0 spiro atoms. The number of hydrogen-bond donors (Lipinski definition) is 1. The SMILES string of the molecule is CCOc1ccc(C(=O)Nc2nc3scc(C)n3n2)cc1. The maximum atomic E-state index is 12.1. The fourth-order valence-electron chi connectivity index (χ4n) is 1.89. The first-order chi connectivity index (χ1) is 10.2. The summed E-state index contributed by atoms with van der Waals surface area (Å²) in [6, 6.07) is 6.96. The van der Waals surface area contributed by atoms with E-state index in [1.165, 1.54) is 11.3 Å². The number of amides is 1. The second kappa shape index (κ2) is 5.53. The highest BCUT2D eigenvalue weighted by Gasteiger charge is 2.12. The van der Waals surface area contributed by atoms with Crippen LogP contribution in [0.5, 0.6) is 5.75 Å². The number of thiazole rings is 1. The second-order valence-electron chi connectivity index (χ2n) is 4.42. The van der Waals surface area contributed by atoms with Gasteiger partial charge in [-0.05, 0) is 38.1 Å². The van der Waals surface area contributed by atoms with Crippen LogP contribution in [0.15, 0.2) is 29.6 Å². The van der Waals surface area contributed by atoms with Crippen LogP contribution in [-0.2, 0) is 0 Å². The van der Waals surface area contributed by atoms with Gasteiger partial charge in [0.15, 0.2) is 0 Å². The maximum absolute atomic E-state index is 12.1. The van der Waals surface area contributed by atoms with Crippen LogP contribution < -0.4 is 10.1 Å². The molecule has 1 amide bonds. The monoisotopic (exact) mass is 302 g/mol. The first kappa shape index (κ1) is 13.6. The molecule has 3 aromatic rings. The van der Waals surface area contributed by atoms with Crippen LogP contribution in [0.3, 0.4) is 0 Å². The number of aryl methyl sites for hydroxylation is 1. The predicted molar refractivity (Wildman–Crippen MR) is 81.2 cm³/mol. The number of rotatable bonds is 4. The van der Waals surface area contributed by atoms with E-state index in [2.05, 4.69) is 15.4 Å². The lowest BCUT2D eigenvalue weighted by molar-refractivity contribution is 0.102. The average molecular weight is 302 g/mol. The van der Waals surface area contributed by atoms with Crippen LogP contribution in [0.4, 0.5) is 5.95 Å². The lowest BCUT2D eigenvalue weighted by Gasteiger charge is -2.04. The molecule has 2 aromatic heterocycles. The lowest BCUT2D eigenvalue weighted by atomic mass is 10.2. The van der Waals surface area contributed by atoms with Crippen molar-refractivity contribution in [2.75, 3.05) is 11.9 Å². The Labute approximate surface area is 125 Å². The van der Waals surface area contributed by atoms with Crippen LogP contribution >= 0.6 is 11.3 Å². The molecule has 3 rings (SSSR count). The summed E-state index contributed by atoms with van der Waals surface area (Å²) >= 11 is 1.49. The van der Waals surface area contributed by atoms with Crippen LogP contribution in [0.25, 0.3) is 4.96 Å². The third-order valence-electron chi connectivity index (χ3n) is 2.90. The minimum Gasteiger partial charge on any atom is -0.494 e. The van der Waals surface area contributed by atoms with E-state index in [-0.39, 0.29) is 5.91 Å². The molecule has 1 N–H and O–H groups in total. The number of hydrogen-bond acceptors (Lipinski definition) is 5. The number of nitrogens with zero attached hydrogens (tertiary/aromatic N) is 3. The number of ether oxygens (including phenoxy) is 1. The highest BCUT2D eigenvalue weighted by Crippen LogP contribution is 2.16. The van der Waals surface area contributed by atoms with E-state index >= 15 is 0 Å². The van der Waals surface area contributed by atoms with Gasteiger partial charge in [-0.25, -0.2) is 4.52 Å². The molecule has 0 unspecified atom stereocenters. The number of anilines is 1. The smallest absolute Gasteiger partial charge is 0.258 e. The van der Waals surface area contributed by atoms with Crippen LogP contribution in [0, 0.1) is 6.92 Å². The van der Waals surface area contributed by atoms with E-state index in [0.29, 0.717) is 18.1 Å². The molecule has 0 radical (unpaired) electrons. The van der Waals surface area contributed by atoms with Crippen molar-refractivity contribution >= 4 is 28.2 Å². The summed E-state index contributed by atoms with van der Waals surface area (Å²) in [7, 11) is 0. The van der Waals surface area contributed by atoms with E-state index in [1.807, 2.05) is 19.2 Å². The minimum absolute atomic E-state index is 0.242. The molecule has 0 atom stereocenters. The van der Waals surface area contributed by atoms with Gasteiger partial charge < -0.3 is 4.74 Å². The zero-order valence-corrected chi connectivity index (χ0v) is 12.5. The van der Waals surface area contributed by atoms with Crippen LogP contribution in [0.2, 0.25) is 0 Å². The predicted octanol–water partition coefficient (Wildman–Crippen LogP) is 2.75. The molecule has 1 aromatic carbocycles. The molecule has 108 valence electrons. The Morgan fingerprint density at radius 2 is 2.14 bits per heavy atom. The van der Waals surface area contributed by atoms with Crippen molar-refractivity contribution in [2.24, 2.45) is 0 Å². The summed E-state index contributed by atoms with van der Waals surface area (Å²) < 4.78 is 7.05. The average Bonchev–Trinajstić information content (AvgIpc) is 3.02. The Hall–Kier alpha value is -2.41. The van der Waals surface area contributed by atoms with Gasteiger partial charge in [-0.2, -0.15) is 4.98 Å². The zero-order chi connectivity index (χ0) is 14.8. The standard InChI is InChI=1S/C14H14N4O2S/c1-3-20-11-6-4-10(5-7-11)12(19)15-13-16-14-18(17-13)9(2)8-21-14/h4-8H,3H2,1-2H3,(H,15,17,19). The van der Waals surface area contributed by atoms with Gasteiger partial charge in [0.25, 0.3) is 11.9 Å². The zero-order valence-electron chi connectivity index (χ0n) is 11.7. The van der Waals surface area contributed by atoms with Gasteiger partial charge in [-0.1, -0.05) is 0 Å². The number of carbonyl (C=O) groups excluding carboxylic acids is 1.